The number of ether oxygens (including phenoxy) is 2. The molecule has 0 amide bonds. The zero-order valence-electron chi connectivity index (χ0n) is 11.2. The van der Waals surface area contributed by atoms with Gasteiger partial charge in [-0.05, 0) is 44.3 Å². The van der Waals surface area contributed by atoms with E-state index in [1.165, 1.54) is 0 Å². The van der Waals surface area contributed by atoms with Gasteiger partial charge >= 0.3 is 0 Å². The molecule has 0 spiro atoms. The van der Waals surface area contributed by atoms with Crippen LogP contribution < -0.4 is 20.1 Å². The van der Waals surface area contributed by atoms with Crippen molar-refractivity contribution in [2.24, 2.45) is 0 Å². The second-order valence-corrected chi connectivity index (χ2v) is 4.24. The number of hydrogen-bond acceptors (Lipinski definition) is 3. The lowest BCUT2D eigenvalue weighted by atomic mass is 10.1. The summed E-state index contributed by atoms with van der Waals surface area (Å²) in [5.74, 6) is 1.61. The van der Waals surface area contributed by atoms with Gasteiger partial charge in [0.1, 0.15) is 11.5 Å². The Hall–Kier alpha value is -1.49. The summed E-state index contributed by atoms with van der Waals surface area (Å²) in [7, 11) is 3.30. The fourth-order valence-corrected chi connectivity index (χ4v) is 1.98. The fourth-order valence-electron chi connectivity index (χ4n) is 1.66. The van der Waals surface area contributed by atoms with Crippen LogP contribution in [0.25, 0.3) is 0 Å². The van der Waals surface area contributed by atoms with Crippen molar-refractivity contribution in [3.05, 3.63) is 23.8 Å². The number of rotatable bonds is 5. The average molecular weight is 268 g/mol. The van der Waals surface area contributed by atoms with Gasteiger partial charge in [0.05, 0.1) is 20.3 Å². The highest BCUT2D eigenvalue weighted by Crippen LogP contribution is 2.29. The van der Waals surface area contributed by atoms with Gasteiger partial charge in [-0.3, -0.25) is 0 Å². The maximum absolute atomic E-state index is 5.35. The largest absolute Gasteiger partial charge is 0.497 e. The van der Waals surface area contributed by atoms with Crippen molar-refractivity contribution in [2.75, 3.05) is 20.8 Å². The summed E-state index contributed by atoms with van der Waals surface area (Å²) < 4.78 is 10.6. The summed E-state index contributed by atoms with van der Waals surface area (Å²) >= 11 is 5.18. The minimum atomic E-state index is 0.0431. The van der Waals surface area contributed by atoms with E-state index in [9.17, 15) is 0 Å². The van der Waals surface area contributed by atoms with Crippen LogP contribution in [0, 0.1) is 0 Å². The highest BCUT2D eigenvalue weighted by Gasteiger charge is 2.13. The first-order valence-electron chi connectivity index (χ1n) is 5.88. The summed E-state index contributed by atoms with van der Waals surface area (Å²) in [6.45, 7) is 4.83. The molecule has 0 unspecified atom stereocenters. The van der Waals surface area contributed by atoms with Crippen molar-refractivity contribution in [3.8, 4) is 11.5 Å². The molecule has 1 aromatic rings. The molecule has 0 aliphatic carbocycles. The molecule has 2 N–H and O–H groups in total. The van der Waals surface area contributed by atoms with Crippen LogP contribution in [0.15, 0.2) is 18.2 Å². The first-order valence-corrected chi connectivity index (χ1v) is 6.29. The average Bonchev–Trinajstić information content (AvgIpc) is 2.38. The van der Waals surface area contributed by atoms with Crippen LogP contribution in [0.4, 0.5) is 0 Å². The van der Waals surface area contributed by atoms with E-state index in [2.05, 4.69) is 10.6 Å². The molecule has 0 heterocycles. The van der Waals surface area contributed by atoms with Crippen molar-refractivity contribution in [1.82, 2.24) is 10.6 Å². The third kappa shape index (κ3) is 3.77. The maximum atomic E-state index is 5.35. The smallest absolute Gasteiger partial charge is 0.166 e. The SMILES string of the molecule is CCNC(=S)N[C@@H](C)c1cc(OC)ccc1OC. The van der Waals surface area contributed by atoms with Crippen LogP contribution in [0.1, 0.15) is 25.5 Å². The van der Waals surface area contributed by atoms with Gasteiger partial charge in [-0.1, -0.05) is 0 Å². The van der Waals surface area contributed by atoms with Gasteiger partial charge in [-0.25, -0.2) is 0 Å². The quantitative estimate of drug-likeness (QED) is 0.802. The molecule has 100 valence electrons. The molecule has 0 aliphatic heterocycles. The Balaban J connectivity index is 2.88. The molecule has 0 radical (unpaired) electrons. The van der Waals surface area contributed by atoms with E-state index in [0.29, 0.717) is 5.11 Å². The molecule has 0 bridgehead atoms. The summed E-state index contributed by atoms with van der Waals surface area (Å²) in [5, 5.41) is 6.90. The van der Waals surface area contributed by atoms with Crippen molar-refractivity contribution in [3.63, 3.8) is 0 Å². The molecule has 1 rings (SSSR count). The number of hydrogen-bond donors (Lipinski definition) is 2. The lowest BCUT2D eigenvalue weighted by Gasteiger charge is -2.19. The van der Waals surface area contributed by atoms with Gasteiger partial charge in [0.2, 0.25) is 0 Å². The molecule has 0 aromatic heterocycles. The molecule has 4 nitrogen and oxygen atoms in total. The third-order valence-corrected chi connectivity index (χ3v) is 2.85. The molecule has 0 fully saturated rings. The Morgan fingerprint density at radius 3 is 2.61 bits per heavy atom. The molecule has 0 saturated heterocycles. The number of thiocarbonyl (C=S) groups is 1. The summed E-state index contributed by atoms with van der Waals surface area (Å²) in [6.07, 6.45) is 0. The molecule has 18 heavy (non-hydrogen) atoms. The highest BCUT2D eigenvalue weighted by molar-refractivity contribution is 7.80. The topological polar surface area (TPSA) is 42.5 Å². The molecular formula is C13H20N2O2S. The predicted molar refractivity (Wildman–Crippen MR) is 77.4 cm³/mol. The van der Waals surface area contributed by atoms with Gasteiger partial charge in [0, 0.05) is 12.1 Å². The standard InChI is InChI=1S/C13H20N2O2S/c1-5-14-13(18)15-9(2)11-8-10(16-3)6-7-12(11)17-4/h6-9H,5H2,1-4H3,(H2,14,15,18)/t9-/m0/s1. The van der Waals surface area contributed by atoms with E-state index in [4.69, 9.17) is 21.7 Å². The molecule has 0 aliphatic rings. The molecule has 5 heteroatoms. The van der Waals surface area contributed by atoms with Gasteiger partial charge in [-0.2, -0.15) is 0 Å². The van der Waals surface area contributed by atoms with Gasteiger partial charge in [0.15, 0.2) is 5.11 Å². The highest BCUT2D eigenvalue weighted by atomic mass is 32.1. The predicted octanol–water partition coefficient (Wildman–Crippen LogP) is 2.25. The monoisotopic (exact) mass is 268 g/mol. The Morgan fingerprint density at radius 2 is 2.06 bits per heavy atom. The fraction of sp³-hybridized carbons (Fsp3) is 0.462. The van der Waals surface area contributed by atoms with E-state index in [-0.39, 0.29) is 6.04 Å². The molecule has 1 aromatic carbocycles. The number of benzene rings is 1. The van der Waals surface area contributed by atoms with Crippen molar-refractivity contribution < 1.29 is 9.47 Å². The van der Waals surface area contributed by atoms with E-state index < -0.39 is 0 Å². The van der Waals surface area contributed by atoms with E-state index >= 15 is 0 Å². The normalized spacial score (nSPS) is 11.6. The van der Waals surface area contributed by atoms with Crippen molar-refractivity contribution in [2.45, 2.75) is 19.9 Å². The molecular weight excluding hydrogens is 248 g/mol. The Bertz CT molecular complexity index is 410. The minimum Gasteiger partial charge on any atom is -0.497 e. The minimum absolute atomic E-state index is 0.0431. The lowest BCUT2D eigenvalue weighted by molar-refractivity contribution is 0.395. The van der Waals surface area contributed by atoms with E-state index in [0.717, 1.165) is 23.6 Å². The van der Waals surface area contributed by atoms with Crippen LogP contribution in [-0.2, 0) is 0 Å². The van der Waals surface area contributed by atoms with Crippen LogP contribution in [-0.4, -0.2) is 25.9 Å². The first kappa shape index (κ1) is 14.6. The Kier molecular flexibility index (Phi) is 5.71. The van der Waals surface area contributed by atoms with Crippen LogP contribution in [0.2, 0.25) is 0 Å². The van der Waals surface area contributed by atoms with Gasteiger partial charge in [0.25, 0.3) is 0 Å². The molecule has 1 atom stereocenters. The first-order chi connectivity index (χ1) is 8.62. The van der Waals surface area contributed by atoms with Crippen molar-refractivity contribution in [1.29, 1.82) is 0 Å². The summed E-state index contributed by atoms with van der Waals surface area (Å²) in [6, 6.07) is 5.76. The lowest BCUT2D eigenvalue weighted by Crippen LogP contribution is -2.36. The Labute approximate surface area is 114 Å². The number of nitrogens with one attached hydrogen (secondary N) is 2. The molecule has 0 saturated carbocycles. The second kappa shape index (κ2) is 7.06. The van der Waals surface area contributed by atoms with E-state index in [1.807, 2.05) is 32.0 Å². The van der Waals surface area contributed by atoms with Gasteiger partial charge in [-0.15, -0.1) is 0 Å². The van der Waals surface area contributed by atoms with Crippen LogP contribution in [0.3, 0.4) is 0 Å². The Morgan fingerprint density at radius 1 is 1.33 bits per heavy atom. The number of methoxy groups -OCH3 is 2. The van der Waals surface area contributed by atoms with Crippen molar-refractivity contribution >= 4 is 17.3 Å². The van der Waals surface area contributed by atoms with E-state index in [1.54, 1.807) is 14.2 Å². The second-order valence-electron chi connectivity index (χ2n) is 3.83. The third-order valence-electron chi connectivity index (χ3n) is 2.59. The zero-order valence-corrected chi connectivity index (χ0v) is 12.1. The zero-order chi connectivity index (χ0) is 13.5. The summed E-state index contributed by atoms with van der Waals surface area (Å²) in [4.78, 5) is 0. The summed E-state index contributed by atoms with van der Waals surface area (Å²) in [5.41, 5.74) is 1.01. The van der Waals surface area contributed by atoms with Gasteiger partial charge < -0.3 is 20.1 Å². The van der Waals surface area contributed by atoms with Crippen LogP contribution >= 0.6 is 12.2 Å². The maximum Gasteiger partial charge on any atom is 0.166 e. The van der Waals surface area contributed by atoms with Crippen LogP contribution in [0.5, 0.6) is 11.5 Å².